The fourth-order valence-corrected chi connectivity index (χ4v) is 3.62. The lowest BCUT2D eigenvalue weighted by molar-refractivity contribution is 0.171. The molecule has 0 saturated heterocycles. The van der Waals surface area contributed by atoms with Gasteiger partial charge in [0.2, 0.25) is 0 Å². The Labute approximate surface area is 143 Å². The van der Waals surface area contributed by atoms with Crippen LogP contribution < -0.4 is 15.2 Å². The maximum atomic E-state index is 13.2. The molecule has 1 aliphatic heterocycles. The molecule has 1 aliphatic rings. The fourth-order valence-electron chi connectivity index (χ4n) is 2.24. The van der Waals surface area contributed by atoms with Gasteiger partial charge in [0, 0.05) is 8.04 Å². The lowest BCUT2D eigenvalue weighted by Crippen LogP contribution is -2.18. The third kappa shape index (κ3) is 3.02. The number of rotatable bonds is 2. The van der Waals surface area contributed by atoms with Crippen molar-refractivity contribution in [3.05, 3.63) is 55.3 Å². The molecule has 1 atom stereocenters. The largest absolute Gasteiger partial charge is 0.486 e. The highest BCUT2D eigenvalue weighted by molar-refractivity contribution is 14.1. The third-order valence-corrected chi connectivity index (χ3v) is 4.92. The topological polar surface area (TPSA) is 44.5 Å². The Hall–Kier alpha value is -0.860. The predicted octanol–water partition coefficient (Wildman–Crippen LogP) is 4.01. The maximum absolute atomic E-state index is 13.2. The quantitative estimate of drug-likeness (QED) is 0.684. The molecular formula is C15H12BrFINO2. The van der Waals surface area contributed by atoms with Crippen molar-refractivity contribution in [1.29, 1.82) is 0 Å². The van der Waals surface area contributed by atoms with Crippen molar-refractivity contribution in [2.75, 3.05) is 13.2 Å². The second-order valence-electron chi connectivity index (χ2n) is 4.66. The minimum absolute atomic E-state index is 0.267. The van der Waals surface area contributed by atoms with Crippen LogP contribution in [0.5, 0.6) is 11.5 Å². The molecule has 6 heteroatoms. The lowest BCUT2D eigenvalue weighted by Gasteiger charge is -2.22. The number of ether oxygens (including phenoxy) is 2. The molecule has 0 bridgehead atoms. The van der Waals surface area contributed by atoms with Crippen LogP contribution in [0.3, 0.4) is 0 Å². The molecule has 1 unspecified atom stereocenters. The van der Waals surface area contributed by atoms with Crippen molar-refractivity contribution in [2.24, 2.45) is 5.73 Å². The van der Waals surface area contributed by atoms with Crippen LogP contribution in [-0.4, -0.2) is 13.2 Å². The van der Waals surface area contributed by atoms with Crippen molar-refractivity contribution in [2.45, 2.75) is 6.04 Å². The molecule has 0 fully saturated rings. The summed E-state index contributed by atoms with van der Waals surface area (Å²) in [6.45, 7) is 1.07. The smallest absolute Gasteiger partial charge is 0.162 e. The van der Waals surface area contributed by atoms with Crippen LogP contribution in [-0.2, 0) is 0 Å². The van der Waals surface area contributed by atoms with Crippen molar-refractivity contribution < 1.29 is 13.9 Å². The molecule has 3 nitrogen and oxygen atoms in total. The van der Waals surface area contributed by atoms with Gasteiger partial charge in [0.1, 0.15) is 19.0 Å². The maximum Gasteiger partial charge on any atom is 0.162 e. The molecule has 0 radical (unpaired) electrons. The summed E-state index contributed by atoms with van der Waals surface area (Å²) in [5.74, 6) is 1.13. The van der Waals surface area contributed by atoms with Gasteiger partial charge in [-0.05, 0) is 58.0 Å². The van der Waals surface area contributed by atoms with E-state index in [1.807, 2.05) is 12.1 Å². The van der Waals surface area contributed by atoms with Crippen LogP contribution in [0, 0.1) is 9.39 Å². The van der Waals surface area contributed by atoms with Gasteiger partial charge in [-0.2, -0.15) is 0 Å². The van der Waals surface area contributed by atoms with E-state index in [9.17, 15) is 4.39 Å². The van der Waals surface area contributed by atoms with Gasteiger partial charge in [-0.25, -0.2) is 4.39 Å². The summed E-state index contributed by atoms with van der Waals surface area (Å²) in [4.78, 5) is 0. The Morgan fingerprint density at radius 2 is 1.76 bits per heavy atom. The number of halogens is 3. The summed E-state index contributed by atoms with van der Waals surface area (Å²) in [5.41, 5.74) is 8.10. The van der Waals surface area contributed by atoms with Gasteiger partial charge in [-0.1, -0.05) is 22.0 Å². The molecule has 0 amide bonds. The molecule has 0 saturated carbocycles. The highest BCUT2D eigenvalue weighted by atomic mass is 127. The second-order valence-corrected chi connectivity index (χ2v) is 6.68. The highest BCUT2D eigenvalue weighted by Gasteiger charge is 2.20. The van der Waals surface area contributed by atoms with Crippen LogP contribution >= 0.6 is 38.5 Å². The lowest BCUT2D eigenvalue weighted by atomic mass is 9.99. The van der Waals surface area contributed by atoms with E-state index in [2.05, 4.69) is 38.5 Å². The van der Waals surface area contributed by atoms with Gasteiger partial charge in [-0.15, -0.1) is 0 Å². The van der Waals surface area contributed by atoms with Crippen molar-refractivity contribution in [3.63, 3.8) is 0 Å². The zero-order valence-corrected chi connectivity index (χ0v) is 14.6. The Kier molecular flexibility index (Phi) is 4.37. The molecule has 2 N–H and O–H groups in total. The van der Waals surface area contributed by atoms with Gasteiger partial charge >= 0.3 is 0 Å². The van der Waals surface area contributed by atoms with E-state index < -0.39 is 0 Å². The first-order chi connectivity index (χ1) is 10.1. The van der Waals surface area contributed by atoms with Crippen LogP contribution in [0.15, 0.2) is 34.8 Å². The van der Waals surface area contributed by atoms with E-state index in [0.29, 0.717) is 24.7 Å². The first-order valence-electron chi connectivity index (χ1n) is 6.36. The first kappa shape index (κ1) is 15.1. The molecule has 2 aromatic carbocycles. The van der Waals surface area contributed by atoms with Crippen LogP contribution in [0.4, 0.5) is 4.39 Å². The molecule has 0 aliphatic carbocycles. The Morgan fingerprint density at radius 1 is 1.10 bits per heavy atom. The average molecular weight is 464 g/mol. The average Bonchev–Trinajstić information content (AvgIpc) is 2.46. The summed E-state index contributed by atoms with van der Waals surface area (Å²) in [6, 6.07) is 7.97. The normalized spacial score (nSPS) is 14.9. The summed E-state index contributed by atoms with van der Waals surface area (Å²) in [6.07, 6.45) is 0. The molecule has 2 aromatic rings. The van der Waals surface area contributed by atoms with E-state index in [1.54, 1.807) is 6.07 Å². The highest BCUT2D eigenvalue weighted by Crippen LogP contribution is 2.39. The van der Waals surface area contributed by atoms with Gasteiger partial charge < -0.3 is 15.2 Å². The molecule has 0 aromatic heterocycles. The van der Waals surface area contributed by atoms with Gasteiger partial charge in [0.05, 0.1) is 6.04 Å². The Bertz CT molecular complexity index is 696. The standard InChI is InChI=1S/C15H12BrFINO2/c16-11-7-14-13(20-3-4-21-14)6-10(11)15(19)9-2-1-8(17)5-12(9)18/h1-2,5-7,15H,3-4,19H2. The van der Waals surface area contributed by atoms with Crippen LogP contribution in [0.25, 0.3) is 0 Å². The van der Waals surface area contributed by atoms with Crippen LogP contribution in [0.1, 0.15) is 17.2 Å². The zero-order valence-electron chi connectivity index (χ0n) is 10.9. The van der Waals surface area contributed by atoms with Crippen molar-refractivity contribution in [1.82, 2.24) is 0 Å². The molecule has 21 heavy (non-hydrogen) atoms. The van der Waals surface area contributed by atoms with Crippen LogP contribution in [0.2, 0.25) is 0 Å². The Balaban J connectivity index is 2.03. The number of hydrogen-bond donors (Lipinski definition) is 1. The monoisotopic (exact) mass is 463 g/mol. The van der Waals surface area contributed by atoms with E-state index in [-0.39, 0.29) is 11.9 Å². The Morgan fingerprint density at radius 3 is 2.43 bits per heavy atom. The summed E-state index contributed by atoms with van der Waals surface area (Å²) in [7, 11) is 0. The third-order valence-electron chi connectivity index (χ3n) is 3.29. The molecule has 110 valence electrons. The van der Waals surface area contributed by atoms with E-state index in [4.69, 9.17) is 15.2 Å². The second kappa shape index (κ2) is 6.10. The van der Waals surface area contributed by atoms with Crippen molar-refractivity contribution >= 4 is 38.5 Å². The molecular weight excluding hydrogens is 452 g/mol. The summed E-state index contributed by atoms with van der Waals surface area (Å²) < 4.78 is 26.0. The number of hydrogen-bond acceptors (Lipinski definition) is 3. The van der Waals surface area contributed by atoms with Crippen molar-refractivity contribution in [3.8, 4) is 11.5 Å². The first-order valence-corrected chi connectivity index (χ1v) is 8.23. The fraction of sp³-hybridized carbons (Fsp3) is 0.200. The number of nitrogens with two attached hydrogens (primary N) is 1. The predicted molar refractivity (Wildman–Crippen MR) is 90.3 cm³/mol. The van der Waals surface area contributed by atoms with E-state index in [1.165, 1.54) is 12.1 Å². The molecule has 1 heterocycles. The van der Waals surface area contributed by atoms with E-state index in [0.717, 1.165) is 19.2 Å². The van der Waals surface area contributed by atoms with Gasteiger partial charge in [0.25, 0.3) is 0 Å². The number of fused-ring (bicyclic) bond motifs is 1. The van der Waals surface area contributed by atoms with Gasteiger partial charge in [-0.3, -0.25) is 0 Å². The SMILES string of the molecule is NC(c1cc2c(cc1Br)OCCO2)c1ccc(F)cc1I. The minimum atomic E-state index is -0.372. The number of benzene rings is 2. The summed E-state index contributed by atoms with van der Waals surface area (Å²) in [5, 5.41) is 0. The molecule has 0 spiro atoms. The zero-order chi connectivity index (χ0) is 15.0. The molecule has 3 rings (SSSR count). The summed E-state index contributed by atoms with van der Waals surface area (Å²) >= 11 is 5.61. The van der Waals surface area contributed by atoms with Gasteiger partial charge in [0.15, 0.2) is 11.5 Å². The minimum Gasteiger partial charge on any atom is -0.486 e. The van der Waals surface area contributed by atoms with E-state index >= 15 is 0 Å².